The Morgan fingerprint density at radius 2 is 2.00 bits per heavy atom. The second-order valence-corrected chi connectivity index (χ2v) is 4.15. The maximum Gasteiger partial charge on any atom is 0.0705 e. The number of nitrogens with one attached hydrogen (secondary N) is 1. The molecule has 86 valence electrons. The Hall–Kier alpha value is -1.37. The van der Waals surface area contributed by atoms with Crippen molar-refractivity contribution in [2.75, 3.05) is 6.61 Å². The fourth-order valence-corrected chi connectivity index (χ4v) is 1.32. The summed E-state index contributed by atoms with van der Waals surface area (Å²) in [7, 11) is 0. The number of hydroxylamine groups is 1. The van der Waals surface area contributed by atoms with Gasteiger partial charge in [0.2, 0.25) is 0 Å². The maximum atomic E-state index is 8.76. The summed E-state index contributed by atoms with van der Waals surface area (Å²) in [6.07, 6.45) is 0.405. The Kier molecular flexibility index (Phi) is 5.55. The van der Waals surface area contributed by atoms with Crippen LogP contribution < -0.4 is 5.48 Å². The van der Waals surface area contributed by atoms with E-state index in [1.54, 1.807) is 0 Å². The molecule has 1 aromatic carbocycles. The van der Waals surface area contributed by atoms with Crippen molar-refractivity contribution in [2.24, 2.45) is 5.92 Å². The lowest BCUT2D eigenvalue weighted by molar-refractivity contribution is 0.00115. The molecule has 0 bridgehead atoms. The minimum atomic E-state index is -0.0510. The van der Waals surface area contributed by atoms with Gasteiger partial charge in [0.05, 0.1) is 25.1 Å². The molecule has 0 saturated heterocycles. The van der Waals surface area contributed by atoms with Crippen molar-refractivity contribution >= 4 is 0 Å². The zero-order chi connectivity index (χ0) is 11.8. The minimum absolute atomic E-state index is 0.0510. The SMILES string of the molecule is CC(C)CONC(CC#N)c1ccccc1. The molecule has 0 radical (unpaired) electrons. The Balaban J connectivity index is 2.52. The van der Waals surface area contributed by atoms with E-state index in [0.717, 1.165) is 5.56 Å². The van der Waals surface area contributed by atoms with E-state index in [2.05, 4.69) is 25.4 Å². The number of rotatable bonds is 6. The van der Waals surface area contributed by atoms with Crippen molar-refractivity contribution in [2.45, 2.75) is 26.3 Å². The quantitative estimate of drug-likeness (QED) is 0.747. The smallest absolute Gasteiger partial charge is 0.0705 e. The summed E-state index contributed by atoms with van der Waals surface area (Å²) >= 11 is 0. The molecule has 3 heteroatoms. The third-order valence-electron chi connectivity index (χ3n) is 2.14. The van der Waals surface area contributed by atoms with E-state index in [4.69, 9.17) is 10.1 Å². The van der Waals surface area contributed by atoms with Crippen molar-refractivity contribution in [1.29, 1.82) is 5.26 Å². The molecule has 0 amide bonds. The predicted octanol–water partition coefficient (Wildman–Crippen LogP) is 2.82. The fraction of sp³-hybridized carbons (Fsp3) is 0.462. The zero-order valence-electron chi connectivity index (χ0n) is 9.81. The average Bonchev–Trinajstić information content (AvgIpc) is 2.29. The van der Waals surface area contributed by atoms with Crippen LogP contribution in [-0.4, -0.2) is 6.61 Å². The van der Waals surface area contributed by atoms with Crippen molar-refractivity contribution in [3.8, 4) is 6.07 Å². The fourth-order valence-electron chi connectivity index (χ4n) is 1.32. The summed E-state index contributed by atoms with van der Waals surface area (Å²) in [5.74, 6) is 0.478. The van der Waals surface area contributed by atoms with Crippen molar-refractivity contribution in [3.63, 3.8) is 0 Å². The zero-order valence-corrected chi connectivity index (χ0v) is 9.81. The molecular weight excluding hydrogens is 200 g/mol. The van der Waals surface area contributed by atoms with Crippen LogP contribution >= 0.6 is 0 Å². The Morgan fingerprint density at radius 1 is 1.31 bits per heavy atom. The van der Waals surface area contributed by atoms with Crippen LogP contribution in [0, 0.1) is 17.2 Å². The summed E-state index contributed by atoms with van der Waals surface area (Å²) in [6.45, 7) is 4.82. The van der Waals surface area contributed by atoms with Crippen LogP contribution in [0.3, 0.4) is 0 Å². The first kappa shape index (κ1) is 12.7. The van der Waals surface area contributed by atoms with E-state index in [0.29, 0.717) is 18.9 Å². The largest absolute Gasteiger partial charge is 0.301 e. The van der Waals surface area contributed by atoms with Gasteiger partial charge in [0.1, 0.15) is 0 Å². The van der Waals surface area contributed by atoms with E-state index >= 15 is 0 Å². The first-order chi connectivity index (χ1) is 7.74. The lowest BCUT2D eigenvalue weighted by Gasteiger charge is -2.16. The highest BCUT2D eigenvalue weighted by Crippen LogP contribution is 2.15. The molecule has 1 aromatic rings. The van der Waals surface area contributed by atoms with Crippen LogP contribution in [0.15, 0.2) is 30.3 Å². The number of benzene rings is 1. The average molecular weight is 218 g/mol. The van der Waals surface area contributed by atoms with Gasteiger partial charge < -0.3 is 4.84 Å². The highest BCUT2D eigenvalue weighted by Gasteiger charge is 2.10. The standard InChI is InChI=1S/C13H18N2O/c1-11(2)10-16-15-13(8-9-14)12-6-4-3-5-7-12/h3-7,11,13,15H,8,10H2,1-2H3. The van der Waals surface area contributed by atoms with E-state index in [1.165, 1.54) is 0 Å². The summed E-state index contributed by atoms with van der Waals surface area (Å²) in [6, 6.07) is 12.0. The van der Waals surface area contributed by atoms with Gasteiger partial charge in [0, 0.05) is 0 Å². The maximum absolute atomic E-state index is 8.76. The first-order valence-electron chi connectivity index (χ1n) is 5.53. The van der Waals surface area contributed by atoms with Crippen molar-refractivity contribution < 1.29 is 4.84 Å². The molecule has 0 heterocycles. The molecule has 0 aromatic heterocycles. The summed E-state index contributed by atoms with van der Waals surface area (Å²) < 4.78 is 0. The van der Waals surface area contributed by atoms with Crippen LogP contribution in [0.4, 0.5) is 0 Å². The number of hydrogen-bond donors (Lipinski definition) is 1. The molecule has 0 aliphatic rings. The molecule has 3 nitrogen and oxygen atoms in total. The van der Waals surface area contributed by atoms with E-state index in [-0.39, 0.29) is 6.04 Å². The molecule has 0 aliphatic heterocycles. The highest BCUT2D eigenvalue weighted by atomic mass is 16.6. The van der Waals surface area contributed by atoms with Crippen LogP contribution in [0.1, 0.15) is 31.9 Å². The third-order valence-corrected chi connectivity index (χ3v) is 2.14. The van der Waals surface area contributed by atoms with Gasteiger partial charge in [-0.2, -0.15) is 10.7 Å². The van der Waals surface area contributed by atoms with E-state index in [1.807, 2.05) is 30.3 Å². The van der Waals surface area contributed by atoms with Crippen molar-refractivity contribution in [1.82, 2.24) is 5.48 Å². The molecule has 1 N–H and O–H groups in total. The van der Waals surface area contributed by atoms with Gasteiger partial charge >= 0.3 is 0 Å². The third kappa shape index (κ3) is 4.43. The molecule has 1 unspecified atom stereocenters. The van der Waals surface area contributed by atoms with Crippen LogP contribution in [0.2, 0.25) is 0 Å². The second-order valence-electron chi connectivity index (χ2n) is 4.15. The molecule has 1 rings (SSSR count). The minimum Gasteiger partial charge on any atom is -0.301 e. The van der Waals surface area contributed by atoms with Gasteiger partial charge in [-0.25, -0.2) is 0 Å². The lowest BCUT2D eigenvalue weighted by Crippen LogP contribution is -2.23. The first-order valence-corrected chi connectivity index (χ1v) is 5.53. The number of nitrogens with zero attached hydrogens (tertiary/aromatic N) is 1. The molecular formula is C13H18N2O. The molecule has 0 spiro atoms. The van der Waals surface area contributed by atoms with E-state index in [9.17, 15) is 0 Å². The summed E-state index contributed by atoms with van der Waals surface area (Å²) in [5.41, 5.74) is 4.02. The van der Waals surface area contributed by atoms with E-state index < -0.39 is 0 Å². The monoisotopic (exact) mass is 218 g/mol. The van der Waals surface area contributed by atoms with Crippen LogP contribution in [-0.2, 0) is 4.84 Å². The van der Waals surface area contributed by atoms with Crippen LogP contribution in [0.5, 0.6) is 0 Å². The second kappa shape index (κ2) is 7.00. The van der Waals surface area contributed by atoms with Gasteiger partial charge in [0.25, 0.3) is 0 Å². The molecule has 16 heavy (non-hydrogen) atoms. The van der Waals surface area contributed by atoms with Gasteiger partial charge in [-0.05, 0) is 11.5 Å². The van der Waals surface area contributed by atoms with Gasteiger partial charge in [-0.1, -0.05) is 44.2 Å². The predicted molar refractivity (Wildman–Crippen MR) is 63.3 cm³/mol. The normalized spacial score (nSPS) is 12.4. The Bertz CT molecular complexity index is 330. The summed E-state index contributed by atoms with van der Waals surface area (Å²) in [4.78, 5) is 5.36. The van der Waals surface area contributed by atoms with Gasteiger partial charge in [-0.3, -0.25) is 0 Å². The topological polar surface area (TPSA) is 45.0 Å². The lowest BCUT2D eigenvalue weighted by atomic mass is 10.1. The van der Waals surface area contributed by atoms with Crippen LogP contribution in [0.25, 0.3) is 0 Å². The van der Waals surface area contributed by atoms with Crippen molar-refractivity contribution in [3.05, 3.63) is 35.9 Å². The Labute approximate surface area is 97.0 Å². The highest BCUT2D eigenvalue weighted by molar-refractivity contribution is 5.19. The number of hydrogen-bond acceptors (Lipinski definition) is 3. The summed E-state index contributed by atoms with van der Waals surface area (Å²) in [5, 5.41) is 8.76. The molecule has 0 saturated carbocycles. The van der Waals surface area contributed by atoms with Gasteiger partial charge in [0.15, 0.2) is 0 Å². The molecule has 0 aliphatic carbocycles. The molecule has 1 atom stereocenters. The molecule has 0 fully saturated rings. The Morgan fingerprint density at radius 3 is 2.56 bits per heavy atom. The number of nitriles is 1. The van der Waals surface area contributed by atoms with Gasteiger partial charge in [-0.15, -0.1) is 0 Å².